The van der Waals surface area contributed by atoms with Gasteiger partial charge in [0.05, 0.1) is 12.2 Å². The van der Waals surface area contributed by atoms with Crippen molar-refractivity contribution in [3.8, 4) is 0 Å². The summed E-state index contributed by atoms with van der Waals surface area (Å²) >= 11 is 0. The maximum atomic E-state index is 13.7. The van der Waals surface area contributed by atoms with E-state index in [0.29, 0.717) is 36.7 Å². The number of fused-ring (bicyclic) bond motifs is 1. The van der Waals surface area contributed by atoms with Gasteiger partial charge < -0.3 is 10.0 Å². The minimum Gasteiger partial charge on any atom is -0.477 e. The molecule has 0 saturated heterocycles. The van der Waals surface area contributed by atoms with E-state index in [0.717, 1.165) is 0 Å². The van der Waals surface area contributed by atoms with Crippen molar-refractivity contribution in [2.75, 3.05) is 11.4 Å². The zero-order valence-corrected chi connectivity index (χ0v) is 11.0. The Morgan fingerprint density at radius 2 is 2.15 bits per heavy atom. The van der Waals surface area contributed by atoms with Gasteiger partial charge in [-0.05, 0) is 13.0 Å². The molecule has 0 bridgehead atoms. The van der Waals surface area contributed by atoms with Crippen LogP contribution in [-0.4, -0.2) is 27.4 Å². The molecule has 1 aromatic carbocycles. The average molecular weight is 275 g/mol. The molecule has 0 aliphatic carbocycles. The van der Waals surface area contributed by atoms with Crippen LogP contribution in [0.15, 0.2) is 24.3 Å². The predicted molar refractivity (Wildman–Crippen MR) is 71.4 cm³/mol. The van der Waals surface area contributed by atoms with Gasteiger partial charge in [-0.1, -0.05) is 18.2 Å². The van der Waals surface area contributed by atoms with Crippen molar-refractivity contribution in [2.24, 2.45) is 0 Å². The Balaban J connectivity index is 1.97. The molecule has 3 rings (SSSR count). The van der Waals surface area contributed by atoms with E-state index in [1.54, 1.807) is 29.8 Å². The Bertz CT molecular complexity index is 681. The maximum absolute atomic E-state index is 13.7. The highest BCUT2D eigenvalue weighted by molar-refractivity contribution is 5.95. The third kappa shape index (κ3) is 1.93. The Hall–Kier alpha value is -2.37. The quantitative estimate of drug-likeness (QED) is 0.931. The summed E-state index contributed by atoms with van der Waals surface area (Å²) in [6.07, 6.45) is 0. The van der Waals surface area contributed by atoms with E-state index < -0.39 is 5.97 Å². The topological polar surface area (TPSA) is 58.4 Å². The number of nitrogens with zero attached hydrogens (tertiary/aromatic N) is 3. The van der Waals surface area contributed by atoms with Gasteiger partial charge in [0.25, 0.3) is 0 Å². The van der Waals surface area contributed by atoms with Crippen molar-refractivity contribution in [3.63, 3.8) is 0 Å². The molecule has 2 aromatic rings. The smallest absolute Gasteiger partial charge is 0.341 e. The average Bonchev–Trinajstić information content (AvgIpc) is 2.91. The summed E-state index contributed by atoms with van der Waals surface area (Å²) < 4.78 is 15.4. The van der Waals surface area contributed by atoms with E-state index in [9.17, 15) is 14.3 Å². The van der Waals surface area contributed by atoms with Crippen LogP contribution in [0.1, 0.15) is 21.6 Å². The Morgan fingerprint density at radius 3 is 2.85 bits per heavy atom. The predicted octanol–water partition coefficient (Wildman–Crippen LogP) is 2.05. The van der Waals surface area contributed by atoms with Gasteiger partial charge in [0.2, 0.25) is 0 Å². The normalized spacial score (nSPS) is 13.6. The number of aryl methyl sites for hydroxylation is 1. The minimum absolute atomic E-state index is 0.207. The van der Waals surface area contributed by atoms with Gasteiger partial charge in [0.1, 0.15) is 17.2 Å². The van der Waals surface area contributed by atoms with Gasteiger partial charge in [-0.2, -0.15) is 5.10 Å². The Labute approximate surface area is 115 Å². The lowest BCUT2D eigenvalue weighted by molar-refractivity contribution is 0.0697. The number of carbonyl (C=O) groups is 1. The second kappa shape index (κ2) is 4.63. The Morgan fingerprint density at radius 1 is 1.40 bits per heavy atom. The van der Waals surface area contributed by atoms with E-state index in [-0.39, 0.29) is 11.4 Å². The van der Waals surface area contributed by atoms with Crippen LogP contribution < -0.4 is 4.90 Å². The van der Waals surface area contributed by atoms with Crippen LogP contribution in [0.5, 0.6) is 0 Å². The molecule has 2 heterocycles. The summed E-state index contributed by atoms with van der Waals surface area (Å²) in [5.74, 6) is -0.707. The number of hydrogen-bond acceptors (Lipinski definition) is 3. The van der Waals surface area contributed by atoms with Crippen LogP contribution in [0, 0.1) is 12.7 Å². The van der Waals surface area contributed by atoms with Crippen LogP contribution >= 0.6 is 0 Å². The van der Waals surface area contributed by atoms with Crippen molar-refractivity contribution in [2.45, 2.75) is 20.0 Å². The molecule has 6 heteroatoms. The van der Waals surface area contributed by atoms with Gasteiger partial charge >= 0.3 is 5.97 Å². The van der Waals surface area contributed by atoms with E-state index in [1.165, 1.54) is 6.07 Å². The summed E-state index contributed by atoms with van der Waals surface area (Å²) in [5, 5.41) is 13.5. The SMILES string of the molecule is Cc1nn2c(c1C(=O)O)N(Cc1ccccc1F)CC2. The molecule has 1 aliphatic rings. The van der Waals surface area contributed by atoms with Crippen molar-refractivity contribution in [3.05, 3.63) is 46.9 Å². The van der Waals surface area contributed by atoms with Crippen molar-refractivity contribution < 1.29 is 14.3 Å². The zero-order chi connectivity index (χ0) is 14.3. The van der Waals surface area contributed by atoms with Crippen LogP contribution in [-0.2, 0) is 13.1 Å². The Kier molecular flexibility index (Phi) is 2.93. The lowest BCUT2D eigenvalue weighted by Gasteiger charge is -2.18. The van der Waals surface area contributed by atoms with E-state index in [2.05, 4.69) is 5.10 Å². The highest BCUT2D eigenvalue weighted by Crippen LogP contribution is 2.30. The number of halogens is 1. The highest BCUT2D eigenvalue weighted by atomic mass is 19.1. The molecule has 0 amide bonds. The summed E-state index contributed by atoms with van der Waals surface area (Å²) in [4.78, 5) is 13.2. The van der Waals surface area contributed by atoms with Crippen LogP contribution in [0.4, 0.5) is 10.2 Å². The van der Waals surface area contributed by atoms with E-state index >= 15 is 0 Å². The minimum atomic E-state index is -0.996. The number of hydrogen-bond donors (Lipinski definition) is 1. The zero-order valence-electron chi connectivity index (χ0n) is 11.0. The molecule has 1 aromatic heterocycles. The third-order valence-corrected chi connectivity index (χ3v) is 3.51. The van der Waals surface area contributed by atoms with Gasteiger partial charge in [0.15, 0.2) is 0 Å². The molecule has 0 fully saturated rings. The standard InChI is InChI=1S/C14H14FN3O2/c1-9-12(14(19)20)13-17(6-7-18(13)16-9)8-10-4-2-3-5-11(10)15/h2-5H,6-8H2,1H3,(H,19,20). The summed E-state index contributed by atoms with van der Waals surface area (Å²) in [5.41, 5.74) is 1.25. The fraction of sp³-hybridized carbons (Fsp3) is 0.286. The fourth-order valence-electron chi connectivity index (χ4n) is 2.60. The van der Waals surface area contributed by atoms with Gasteiger partial charge in [-0.25, -0.2) is 13.9 Å². The number of carboxylic acids is 1. The molecule has 5 nitrogen and oxygen atoms in total. The first kappa shape index (κ1) is 12.7. The molecule has 0 unspecified atom stereocenters. The van der Waals surface area contributed by atoms with Gasteiger partial charge in [0, 0.05) is 18.7 Å². The molecule has 104 valence electrons. The fourth-order valence-corrected chi connectivity index (χ4v) is 2.60. The van der Waals surface area contributed by atoms with Crippen molar-refractivity contribution in [1.82, 2.24) is 9.78 Å². The summed E-state index contributed by atoms with van der Waals surface area (Å²) in [6, 6.07) is 6.53. The van der Waals surface area contributed by atoms with Gasteiger partial charge in [-0.3, -0.25) is 0 Å². The molecule has 20 heavy (non-hydrogen) atoms. The van der Waals surface area contributed by atoms with Crippen molar-refractivity contribution in [1.29, 1.82) is 0 Å². The molecular formula is C14H14FN3O2. The van der Waals surface area contributed by atoms with E-state index in [1.807, 2.05) is 4.90 Å². The molecule has 1 N–H and O–H groups in total. The first-order valence-corrected chi connectivity index (χ1v) is 6.37. The van der Waals surface area contributed by atoms with E-state index in [4.69, 9.17) is 0 Å². The number of aromatic carboxylic acids is 1. The molecule has 0 atom stereocenters. The molecule has 0 spiro atoms. The van der Waals surface area contributed by atoms with Crippen LogP contribution in [0.3, 0.4) is 0 Å². The first-order valence-electron chi connectivity index (χ1n) is 6.37. The second-order valence-electron chi connectivity index (χ2n) is 4.83. The highest BCUT2D eigenvalue weighted by Gasteiger charge is 2.30. The van der Waals surface area contributed by atoms with Crippen LogP contribution in [0.2, 0.25) is 0 Å². The lowest BCUT2D eigenvalue weighted by atomic mass is 10.2. The number of aromatic nitrogens is 2. The molecule has 0 radical (unpaired) electrons. The number of rotatable bonds is 3. The third-order valence-electron chi connectivity index (χ3n) is 3.51. The first-order chi connectivity index (χ1) is 9.58. The van der Waals surface area contributed by atoms with Gasteiger partial charge in [-0.15, -0.1) is 0 Å². The maximum Gasteiger partial charge on any atom is 0.341 e. The molecule has 1 aliphatic heterocycles. The number of carboxylic acid groups (broad SMARTS) is 1. The number of benzene rings is 1. The summed E-state index contributed by atoms with van der Waals surface area (Å²) in [7, 11) is 0. The lowest BCUT2D eigenvalue weighted by Crippen LogP contribution is -2.22. The van der Waals surface area contributed by atoms with Crippen LogP contribution in [0.25, 0.3) is 0 Å². The monoisotopic (exact) mass is 275 g/mol. The second-order valence-corrected chi connectivity index (χ2v) is 4.83. The number of anilines is 1. The molecular weight excluding hydrogens is 261 g/mol. The summed E-state index contributed by atoms with van der Waals surface area (Å²) in [6.45, 7) is 3.28. The largest absolute Gasteiger partial charge is 0.477 e. The van der Waals surface area contributed by atoms with Crippen molar-refractivity contribution >= 4 is 11.8 Å². The molecule has 0 saturated carbocycles.